The Hall–Kier alpha value is -1.90. The quantitative estimate of drug-likeness (QED) is 0.890. The summed E-state index contributed by atoms with van der Waals surface area (Å²) in [6.07, 6.45) is -3.47. The van der Waals surface area contributed by atoms with Gasteiger partial charge >= 0.3 is 6.18 Å². The highest BCUT2D eigenvalue weighted by atomic mass is 19.4. The molecule has 0 spiro atoms. The minimum Gasteiger partial charge on any atom is -0.362 e. The molecule has 1 amide bonds. The summed E-state index contributed by atoms with van der Waals surface area (Å²) in [7, 11) is 0. The van der Waals surface area contributed by atoms with Crippen molar-refractivity contribution in [1.29, 1.82) is 0 Å². The molecule has 0 radical (unpaired) electrons. The van der Waals surface area contributed by atoms with E-state index in [1.165, 1.54) is 17.8 Å². The third kappa shape index (κ3) is 2.07. The number of amides is 1. The van der Waals surface area contributed by atoms with Crippen LogP contribution < -0.4 is 0 Å². The van der Waals surface area contributed by atoms with Gasteiger partial charge in [-0.15, -0.1) is 0 Å². The molecule has 0 aliphatic carbocycles. The topological polar surface area (TPSA) is 70.7 Å². The average Bonchev–Trinajstić information content (AvgIpc) is 2.93. The highest BCUT2D eigenvalue weighted by Gasteiger charge is 2.62. The van der Waals surface area contributed by atoms with Gasteiger partial charge in [-0.05, 0) is 19.9 Å². The first-order valence-electron chi connectivity index (χ1n) is 5.84. The SMILES string of the molecule is Cc1ccnn1[C@H](C)C(=O)N1N=CC[C@@]1(O)C(F)(F)F. The van der Waals surface area contributed by atoms with Gasteiger partial charge in [0, 0.05) is 24.5 Å². The Kier molecular flexibility index (Phi) is 3.32. The van der Waals surface area contributed by atoms with Crippen molar-refractivity contribution in [3.63, 3.8) is 0 Å². The molecule has 1 aromatic rings. The molecule has 0 saturated heterocycles. The molecular formula is C11H13F3N4O2. The lowest BCUT2D eigenvalue weighted by atomic mass is 10.1. The van der Waals surface area contributed by atoms with E-state index in [1.807, 2.05) is 0 Å². The maximum atomic E-state index is 12.9. The van der Waals surface area contributed by atoms with Gasteiger partial charge in [-0.3, -0.25) is 9.48 Å². The fraction of sp³-hybridized carbons (Fsp3) is 0.545. The second-order valence-corrected chi connectivity index (χ2v) is 4.56. The van der Waals surface area contributed by atoms with Crippen molar-refractivity contribution in [3.05, 3.63) is 18.0 Å². The lowest BCUT2D eigenvalue weighted by molar-refractivity contribution is -0.302. The third-order valence-electron chi connectivity index (χ3n) is 3.18. The van der Waals surface area contributed by atoms with Crippen LogP contribution in [0, 0.1) is 6.92 Å². The second kappa shape index (κ2) is 4.58. The summed E-state index contributed by atoms with van der Waals surface area (Å²) in [5, 5.41) is 17.0. The van der Waals surface area contributed by atoms with E-state index >= 15 is 0 Å². The zero-order valence-corrected chi connectivity index (χ0v) is 10.8. The number of carbonyl (C=O) groups is 1. The fourth-order valence-electron chi connectivity index (χ4n) is 1.97. The van der Waals surface area contributed by atoms with E-state index in [0.717, 1.165) is 6.21 Å². The predicted molar refractivity (Wildman–Crippen MR) is 62.6 cm³/mol. The number of aryl methyl sites for hydroxylation is 1. The van der Waals surface area contributed by atoms with Crippen molar-refractivity contribution in [2.75, 3.05) is 0 Å². The highest BCUT2D eigenvalue weighted by Crippen LogP contribution is 2.39. The number of nitrogens with zero attached hydrogens (tertiary/aromatic N) is 4. The number of alkyl halides is 3. The van der Waals surface area contributed by atoms with Crippen LogP contribution in [0.15, 0.2) is 17.4 Å². The van der Waals surface area contributed by atoms with Gasteiger partial charge in [-0.1, -0.05) is 0 Å². The van der Waals surface area contributed by atoms with E-state index in [2.05, 4.69) is 10.2 Å². The third-order valence-corrected chi connectivity index (χ3v) is 3.18. The molecule has 0 bridgehead atoms. The summed E-state index contributed by atoms with van der Waals surface area (Å²) in [4.78, 5) is 12.1. The number of aliphatic hydroxyl groups is 1. The van der Waals surface area contributed by atoms with E-state index < -0.39 is 30.3 Å². The van der Waals surface area contributed by atoms with Crippen LogP contribution >= 0.6 is 0 Å². The largest absolute Gasteiger partial charge is 0.438 e. The van der Waals surface area contributed by atoms with Crippen LogP contribution in [-0.2, 0) is 4.79 Å². The van der Waals surface area contributed by atoms with Crippen molar-refractivity contribution in [1.82, 2.24) is 14.8 Å². The van der Waals surface area contributed by atoms with Gasteiger partial charge in [0.1, 0.15) is 6.04 Å². The van der Waals surface area contributed by atoms with E-state index in [-0.39, 0.29) is 5.01 Å². The van der Waals surface area contributed by atoms with Gasteiger partial charge in [0.15, 0.2) is 0 Å². The van der Waals surface area contributed by atoms with Gasteiger partial charge in [-0.2, -0.15) is 28.4 Å². The lowest BCUT2D eigenvalue weighted by Gasteiger charge is -2.34. The zero-order valence-electron chi connectivity index (χ0n) is 10.8. The maximum Gasteiger partial charge on any atom is 0.438 e. The van der Waals surface area contributed by atoms with E-state index in [4.69, 9.17) is 0 Å². The van der Waals surface area contributed by atoms with Crippen molar-refractivity contribution >= 4 is 12.1 Å². The highest BCUT2D eigenvalue weighted by molar-refractivity contribution is 5.83. The Bertz CT molecular complexity index is 554. The summed E-state index contributed by atoms with van der Waals surface area (Å²) in [6, 6.07) is 0.613. The van der Waals surface area contributed by atoms with Crippen LogP contribution in [0.3, 0.4) is 0 Å². The number of rotatable bonds is 2. The monoisotopic (exact) mass is 290 g/mol. The van der Waals surface area contributed by atoms with E-state index in [9.17, 15) is 23.1 Å². The number of aromatic nitrogens is 2. The Labute approximate surface area is 112 Å². The first-order chi connectivity index (χ1) is 9.18. The molecule has 0 saturated carbocycles. The van der Waals surface area contributed by atoms with Crippen LogP contribution in [0.25, 0.3) is 0 Å². The number of hydrogen-bond acceptors (Lipinski definition) is 4. The molecule has 110 valence electrons. The van der Waals surface area contributed by atoms with Crippen molar-refractivity contribution in [2.45, 2.75) is 38.2 Å². The average molecular weight is 290 g/mol. The Morgan fingerprint density at radius 1 is 1.55 bits per heavy atom. The summed E-state index contributed by atoms with van der Waals surface area (Å²) in [5.41, 5.74) is -2.68. The molecule has 1 aliphatic heterocycles. The summed E-state index contributed by atoms with van der Waals surface area (Å²) >= 11 is 0. The predicted octanol–water partition coefficient (Wildman–Crippen LogP) is 1.22. The molecule has 1 aliphatic rings. The number of hydrogen-bond donors (Lipinski definition) is 1. The molecule has 0 aromatic carbocycles. The van der Waals surface area contributed by atoms with Crippen molar-refractivity contribution < 1.29 is 23.1 Å². The normalized spacial score (nSPS) is 24.2. The fourth-order valence-corrected chi connectivity index (χ4v) is 1.97. The lowest BCUT2D eigenvalue weighted by Crippen LogP contribution is -2.57. The molecule has 6 nitrogen and oxygen atoms in total. The van der Waals surface area contributed by atoms with E-state index in [0.29, 0.717) is 5.69 Å². The minimum atomic E-state index is -4.99. The molecular weight excluding hydrogens is 277 g/mol. The maximum absolute atomic E-state index is 12.9. The number of halogens is 3. The summed E-state index contributed by atoms with van der Waals surface area (Å²) in [5.74, 6) is -0.981. The van der Waals surface area contributed by atoms with Gasteiger partial charge < -0.3 is 5.11 Å². The summed E-state index contributed by atoms with van der Waals surface area (Å²) in [6.45, 7) is 3.06. The van der Waals surface area contributed by atoms with Gasteiger partial charge in [0.05, 0.1) is 0 Å². The minimum absolute atomic E-state index is 0.0821. The van der Waals surface area contributed by atoms with Gasteiger partial charge in [0.2, 0.25) is 0 Å². The van der Waals surface area contributed by atoms with E-state index in [1.54, 1.807) is 13.0 Å². The number of carbonyl (C=O) groups excluding carboxylic acids is 1. The van der Waals surface area contributed by atoms with Gasteiger partial charge in [-0.25, -0.2) is 0 Å². The smallest absolute Gasteiger partial charge is 0.362 e. The molecule has 2 rings (SSSR count). The van der Waals surface area contributed by atoms with Crippen LogP contribution in [0.4, 0.5) is 13.2 Å². The van der Waals surface area contributed by atoms with Crippen LogP contribution in [-0.4, -0.2) is 43.9 Å². The second-order valence-electron chi connectivity index (χ2n) is 4.56. The number of hydrazone groups is 1. The molecule has 1 aromatic heterocycles. The molecule has 2 atom stereocenters. The molecule has 0 fully saturated rings. The van der Waals surface area contributed by atoms with Crippen LogP contribution in [0.5, 0.6) is 0 Å². The Balaban J connectivity index is 2.29. The molecule has 0 unspecified atom stereocenters. The van der Waals surface area contributed by atoms with Crippen molar-refractivity contribution in [2.24, 2.45) is 5.10 Å². The molecule has 1 N–H and O–H groups in total. The summed E-state index contributed by atoms with van der Waals surface area (Å²) < 4.78 is 40.0. The van der Waals surface area contributed by atoms with Crippen LogP contribution in [0.2, 0.25) is 0 Å². The Morgan fingerprint density at radius 3 is 2.70 bits per heavy atom. The standard InChI is InChI=1S/C11H13F3N4O2/c1-7-3-5-15-17(7)8(2)9(19)18-10(20,4-6-16-18)11(12,13)14/h3,5-6,8,20H,4H2,1-2H3/t8-,10-/m1/s1. The molecule has 20 heavy (non-hydrogen) atoms. The zero-order chi connectivity index (χ0) is 15.1. The first-order valence-corrected chi connectivity index (χ1v) is 5.84. The van der Waals surface area contributed by atoms with Crippen LogP contribution in [0.1, 0.15) is 25.1 Å². The molecule has 2 heterocycles. The molecule has 9 heteroatoms. The van der Waals surface area contributed by atoms with Crippen molar-refractivity contribution in [3.8, 4) is 0 Å². The van der Waals surface area contributed by atoms with Gasteiger partial charge in [0.25, 0.3) is 11.6 Å². The Morgan fingerprint density at radius 2 is 2.20 bits per heavy atom. The first kappa shape index (κ1) is 14.5.